The zero-order valence-electron chi connectivity index (χ0n) is 41.0. The van der Waals surface area contributed by atoms with Gasteiger partial charge in [0.1, 0.15) is 17.2 Å². The van der Waals surface area contributed by atoms with Gasteiger partial charge in [0.15, 0.2) is 0 Å². The summed E-state index contributed by atoms with van der Waals surface area (Å²) >= 11 is 0. The Kier molecular flexibility index (Phi) is 23.0. The Morgan fingerprint density at radius 1 is 0.431 bits per heavy atom. The standard InChI is InChI=1S/C59H84NO5/c1-5-7-9-11-13-15-17-19-21-23-25-27-47-63-54-39-33-51(34-40-54)57(61)65-56-41-31-50(32-42-56)49-29-35-52(36-30-49)58(3)45-46-59(4,60(58)62)53-37-43-55(44-38-53)64-48-28-26-24-22-20-18-16-14-12-10-8-6-2/h29-44H,5-28,45-48H2,1-4H3/t58-,59-/m0/s1. The zero-order chi connectivity index (χ0) is 46.0. The number of ether oxygens (including phenoxy) is 3. The molecule has 1 saturated heterocycles. The molecule has 5 rings (SSSR count). The van der Waals surface area contributed by atoms with Crippen molar-refractivity contribution in [2.75, 3.05) is 13.2 Å². The van der Waals surface area contributed by atoms with Crippen molar-refractivity contribution in [2.24, 2.45) is 0 Å². The first-order valence-electron chi connectivity index (χ1n) is 26.1. The minimum Gasteiger partial charge on any atom is -0.494 e. The molecular formula is C59H84NO5. The summed E-state index contributed by atoms with van der Waals surface area (Å²) in [5.74, 6) is 1.73. The molecule has 0 aromatic heterocycles. The van der Waals surface area contributed by atoms with E-state index in [4.69, 9.17) is 14.2 Å². The van der Waals surface area contributed by atoms with E-state index in [1.54, 1.807) is 12.1 Å². The van der Waals surface area contributed by atoms with E-state index in [0.717, 1.165) is 66.0 Å². The highest BCUT2D eigenvalue weighted by atomic mass is 16.5. The van der Waals surface area contributed by atoms with Crippen LogP contribution in [0, 0.1) is 0 Å². The van der Waals surface area contributed by atoms with E-state index >= 15 is 0 Å². The summed E-state index contributed by atoms with van der Waals surface area (Å²) in [6, 6.07) is 31.3. The van der Waals surface area contributed by atoms with Crippen LogP contribution in [0.3, 0.4) is 0 Å². The highest BCUT2D eigenvalue weighted by Gasteiger charge is 2.52. The average molecular weight is 887 g/mol. The molecular weight excluding hydrogens is 803 g/mol. The molecule has 0 N–H and O–H groups in total. The third-order valence-corrected chi connectivity index (χ3v) is 14.0. The van der Waals surface area contributed by atoms with Gasteiger partial charge in [0.25, 0.3) is 0 Å². The third kappa shape index (κ3) is 16.9. The molecule has 0 unspecified atom stereocenters. The van der Waals surface area contributed by atoms with Crippen LogP contribution in [-0.4, -0.2) is 24.2 Å². The fourth-order valence-corrected chi connectivity index (χ4v) is 9.52. The summed E-state index contributed by atoms with van der Waals surface area (Å²) in [6.07, 6.45) is 33.3. The van der Waals surface area contributed by atoms with Crippen LogP contribution in [0.2, 0.25) is 0 Å². The number of rotatable bonds is 33. The number of hydrogen-bond acceptors (Lipinski definition) is 5. The van der Waals surface area contributed by atoms with Crippen LogP contribution >= 0.6 is 0 Å². The number of hydroxylamine groups is 2. The smallest absolute Gasteiger partial charge is 0.343 e. The predicted molar refractivity (Wildman–Crippen MR) is 269 cm³/mol. The van der Waals surface area contributed by atoms with Gasteiger partial charge in [0, 0.05) is 0 Å². The zero-order valence-corrected chi connectivity index (χ0v) is 41.0. The molecule has 0 saturated carbocycles. The van der Waals surface area contributed by atoms with Crippen molar-refractivity contribution in [2.45, 2.75) is 206 Å². The molecule has 65 heavy (non-hydrogen) atoms. The summed E-state index contributed by atoms with van der Waals surface area (Å²) in [5.41, 5.74) is 3.28. The van der Waals surface area contributed by atoms with Gasteiger partial charge in [0.2, 0.25) is 0 Å². The van der Waals surface area contributed by atoms with Gasteiger partial charge in [-0.1, -0.05) is 204 Å². The van der Waals surface area contributed by atoms with Crippen LogP contribution in [0.15, 0.2) is 97.1 Å². The topological polar surface area (TPSA) is 67.9 Å². The molecule has 0 amide bonds. The summed E-state index contributed by atoms with van der Waals surface area (Å²) in [7, 11) is 0. The molecule has 355 valence electrons. The molecule has 6 nitrogen and oxygen atoms in total. The molecule has 1 radical (unpaired) electrons. The second-order valence-electron chi connectivity index (χ2n) is 19.4. The molecule has 1 fully saturated rings. The Labute approximate surface area is 394 Å². The highest BCUT2D eigenvalue weighted by molar-refractivity contribution is 5.91. The van der Waals surface area contributed by atoms with E-state index in [1.807, 2.05) is 48.5 Å². The maximum atomic E-state index is 14.2. The van der Waals surface area contributed by atoms with Crippen molar-refractivity contribution in [1.29, 1.82) is 0 Å². The van der Waals surface area contributed by atoms with Gasteiger partial charge in [-0.3, -0.25) is 0 Å². The van der Waals surface area contributed by atoms with Gasteiger partial charge in [-0.15, -0.1) is 10.3 Å². The average Bonchev–Trinajstić information content (AvgIpc) is 3.58. The molecule has 0 spiro atoms. The van der Waals surface area contributed by atoms with Crippen LogP contribution in [0.4, 0.5) is 0 Å². The summed E-state index contributed by atoms with van der Waals surface area (Å²) in [5, 5.41) is 15.5. The summed E-state index contributed by atoms with van der Waals surface area (Å²) < 4.78 is 17.7. The molecule has 0 bridgehead atoms. The number of carbonyl (C=O) groups excluding carboxylic acids is 1. The van der Waals surface area contributed by atoms with E-state index in [2.05, 4.69) is 64.1 Å². The molecule has 6 heteroatoms. The first-order chi connectivity index (χ1) is 31.8. The second kappa shape index (κ2) is 28.8. The van der Waals surface area contributed by atoms with Crippen molar-refractivity contribution in [3.63, 3.8) is 0 Å². The molecule has 1 aliphatic rings. The van der Waals surface area contributed by atoms with Crippen molar-refractivity contribution in [1.82, 2.24) is 5.06 Å². The molecule has 4 aromatic rings. The lowest BCUT2D eigenvalue weighted by molar-refractivity contribution is -0.260. The monoisotopic (exact) mass is 887 g/mol. The number of unbranched alkanes of at least 4 members (excludes halogenated alkanes) is 22. The Morgan fingerprint density at radius 2 is 0.738 bits per heavy atom. The summed E-state index contributed by atoms with van der Waals surface area (Å²) in [4.78, 5) is 13.0. The maximum Gasteiger partial charge on any atom is 0.343 e. The van der Waals surface area contributed by atoms with Gasteiger partial charge in [-0.25, -0.2) is 4.79 Å². The highest BCUT2D eigenvalue weighted by Crippen LogP contribution is 2.51. The quantitative estimate of drug-likeness (QED) is 0.0271. The van der Waals surface area contributed by atoms with E-state index in [-0.39, 0.29) is 0 Å². The lowest BCUT2D eigenvalue weighted by Gasteiger charge is -2.37. The third-order valence-electron chi connectivity index (χ3n) is 14.0. The van der Waals surface area contributed by atoms with Crippen LogP contribution < -0.4 is 14.2 Å². The largest absolute Gasteiger partial charge is 0.494 e. The van der Waals surface area contributed by atoms with Gasteiger partial charge in [0.05, 0.1) is 29.9 Å². The number of carbonyl (C=O) groups is 1. The lowest BCUT2D eigenvalue weighted by atomic mass is 9.88. The summed E-state index contributed by atoms with van der Waals surface area (Å²) in [6.45, 7) is 10.1. The molecule has 4 aromatic carbocycles. The van der Waals surface area contributed by atoms with Crippen LogP contribution in [0.5, 0.6) is 17.2 Å². The van der Waals surface area contributed by atoms with Crippen molar-refractivity contribution in [3.8, 4) is 28.4 Å². The SMILES string of the molecule is CCCCCCCCCCCCCCOc1ccc(C(=O)Oc2ccc(-c3ccc([C@]4(C)CC[C@@](C)(c5ccc(OCCCCCCCCCCCCCC)cc5)N4[O])cc3)cc2)cc1. The lowest BCUT2D eigenvalue weighted by Crippen LogP contribution is -2.44. The number of esters is 1. The van der Waals surface area contributed by atoms with Gasteiger partial charge < -0.3 is 14.2 Å². The second-order valence-corrected chi connectivity index (χ2v) is 19.4. The molecule has 1 heterocycles. The molecule has 1 aliphatic heterocycles. The fraction of sp³-hybridized carbons (Fsp3) is 0.576. The minimum absolute atomic E-state index is 0.400. The number of hydrogen-bond donors (Lipinski definition) is 0. The van der Waals surface area contributed by atoms with E-state index in [9.17, 15) is 10.0 Å². The Bertz CT molecular complexity index is 1870. The Hall–Kier alpha value is -4.13. The van der Waals surface area contributed by atoms with Crippen LogP contribution in [0.1, 0.15) is 216 Å². The van der Waals surface area contributed by atoms with Gasteiger partial charge >= 0.3 is 5.97 Å². The van der Waals surface area contributed by atoms with Crippen molar-refractivity contribution in [3.05, 3.63) is 114 Å². The minimum atomic E-state index is -0.647. The van der Waals surface area contributed by atoms with E-state index in [1.165, 1.54) is 146 Å². The first kappa shape index (κ1) is 51.8. The van der Waals surface area contributed by atoms with Crippen LogP contribution in [0.25, 0.3) is 11.1 Å². The Balaban J connectivity index is 0.986. The van der Waals surface area contributed by atoms with Gasteiger partial charge in [-0.05, 0) is 110 Å². The van der Waals surface area contributed by atoms with Gasteiger partial charge in [-0.2, -0.15) is 0 Å². The fourth-order valence-electron chi connectivity index (χ4n) is 9.52. The van der Waals surface area contributed by atoms with Crippen LogP contribution in [-0.2, 0) is 16.3 Å². The van der Waals surface area contributed by atoms with E-state index in [0.29, 0.717) is 17.9 Å². The van der Waals surface area contributed by atoms with Crippen molar-refractivity contribution >= 4 is 5.97 Å². The van der Waals surface area contributed by atoms with E-state index < -0.39 is 17.0 Å². The maximum absolute atomic E-state index is 14.2. The first-order valence-corrected chi connectivity index (χ1v) is 26.1. The molecule has 2 atom stereocenters. The number of benzene rings is 4. The predicted octanol–water partition coefficient (Wildman–Crippen LogP) is 17.3. The Morgan fingerprint density at radius 3 is 1.12 bits per heavy atom. The van der Waals surface area contributed by atoms with Crippen molar-refractivity contribution < 1.29 is 24.2 Å². The normalized spacial score (nSPS) is 17.4. The molecule has 0 aliphatic carbocycles. The number of nitrogens with zero attached hydrogens (tertiary/aromatic N) is 1.